The highest BCUT2D eigenvalue weighted by Crippen LogP contribution is 2.33. The molecule has 3 rings (SSSR count). The molecule has 0 spiro atoms. The molecule has 5 nitrogen and oxygen atoms in total. The molecule has 2 heterocycles. The minimum atomic E-state index is 0.0494. The zero-order valence-corrected chi connectivity index (χ0v) is 13.7. The second-order valence-electron chi connectivity index (χ2n) is 5.80. The summed E-state index contributed by atoms with van der Waals surface area (Å²) in [5.74, 6) is 0.297. The summed E-state index contributed by atoms with van der Waals surface area (Å²) in [5.41, 5.74) is 1.18. The SMILES string of the molecule is CCNC(=O)C1CCc2sc(C(=O)N3CCOCC3)cc2C1. The minimum Gasteiger partial charge on any atom is -0.378 e. The molecule has 1 saturated heterocycles. The number of aryl methyl sites for hydroxylation is 1. The van der Waals surface area contributed by atoms with Gasteiger partial charge in [-0.05, 0) is 37.8 Å². The van der Waals surface area contributed by atoms with Crippen LogP contribution in [0.5, 0.6) is 0 Å². The standard InChI is InChI=1S/C16H22N2O3S/c1-2-17-15(19)11-3-4-13-12(9-11)10-14(22-13)16(20)18-5-7-21-8-6-18/h10-11H,2-9H2,1H3,(H,17,19). The lowest BCUT2D eigenvalue weighted by atomic mass is 9.88. The average molecular weight is 322 g/mol. The molecular weight excluding hydrogens is 300 g/mol. The maximum absolute atomic E-state index is 12.5. The van der Waals surface area contributed by atoms with Crippen LogP contribution in [0.3, 0.4) is 0 Å². The lowest BCUT2D eigenvalue weighted by Crippen LogP contribution is -2.40. The van der Waals surface area contributed by atoms with E-state index >= 15 is 0 Å². The summed E-state index contributed by atoms with van der Waals surface area (Å²) in [6.07, 6.45) is 2.54. The highest BCUT2D eigenvalue weighted by Gasteiger charge is 2.28. The van der Waals surface area contributed by atoms with Crippen LogP contribution in [-0.4, -0.2) is 49.6 Å². The van der Waals surface area contributed by atoms with Crippen LogP contribution in [0.25, 0.3) is 0 Å². The fraction of sp³-hybridized carbons (Fsp3) is 0.625. The first-order valence-corrected chi connectivity index (χ1v) is 8.77. The Balaban J connectivity index is 1.70. The van der Waals surface area contributed by atoms with E-state index < -0.39 is 0 Å². The summed E-state index contributed by atoms with van der Waals surface area (Å²) >= 11 is 1.60. The number of rotatable bonds is 3. The highest BCUT2D eigenvalue weighted by molar-refractivity contribution is 7.14. The Kier molecular flexibility index (Phi) is 4.78. The number of thiophene rings is 1. The van der Waals surface area contributed by atoms with Crippen LogP contribution in [0.2, 0.25) is 0 Å². The van der Waals surface area contributed by atoms with Gasteiger partial charge in [0, 0.05) is 30.4 Å². The Bertz CT molecular complexity index is 564. The van der Waals surface area contributed by atoms with Gasteiger partial charge in [0.2, 0.25) is 5.91 Å². The van der Waals surface area contributed by atoms with Gasteiger partial charge in [-0.1, -0.05) is 0 Å². The molecule has 1 aliphatic carbocycles. The highest BCUT2D eigenvalue weighted by atomic mass is 32.1. The number of fused-ring (bicyclic) bond motifs is 1. The third-order valence-electron chi connectivity index (χ3n) is 4.31. The normalized spacial score (nSPS) is 21.3. The van der Waals surface area contributed by atoms with Gasteiger partial charge >= 0.3 is 0 Å². The van der Waals surface area contributed by atoms with Gasteiger partial charge in [-0.2, -0.15) is 0 Å². The van der Waals surface area contributed by atoms with Gasteiger partial charge in [0.1, 0.15) is 0 Å². The van der Waals surface area contributed by atoms with Crippen molar-refractivity contribution in [2.45, 2.75) is 26.2 Å². The van der Waals surface area contributed by atoms with Crippen LogP contribution in [0.1, 0.15) is 33.5 Å². The van der Waals surface area contributed by atoms with Crippen molar-refractivity contribution >= 4 is 23.2 Å². The van der Waals surface area contributed by atoms with Gasteiger partial charge in [-0.25, -0.2) is 0 Å². The maximum atomic E-state index is 12.5. The number of nitrogens with zero attached hydrogens (tertiary/aromatic N) is 1. The first kappa shape index (κ1) is 15.5. The molecule has 1 aliphatic heterocycles. The van der Waals surface area contributed by atoms with E-state index in [4.69, 9.17) is 4.74 Å². The van der Waals surface area contributed by atoms with Crippen LogP contribution in [0, 0.1) is 5.92 Å². The molecule has 1 atom stereocenters. The van der Waals surface area contributed by atoms with Gasteiger partial charge in [-0.15, -0.1) is 11.3 Å². The summed E-state index contributed by atoms with van der Waals surface area (Å²) in [4.78, 5) is 28.5. The first-order valence-electron chi connectivity index (χ1n) is 7.95. The van der Waals surface area contributed by atoms with Crippen molar-refractivity contribution in [3.63, 3.8) is 0 Å². The van der Waals surface area contributed by atoms with E-state index in [1.165, 1.54) is 10.4 Å². The molecular formula is C16H22N2O3S. The van der Waals surface area contributed by atoms with Crippen LogP contribution in [0.15, 0.2) is 6.07 Å². The average Bonchev–Trinajstić information content (AvgIpc) is 2.98. The molecule has 1 unspecified atom stereocenters. The third-order valence-corrected chi connectivity index (χ3v) is 5.54. The fourth-order valence-corrected chi connectivity index (χ4v) is 4.27. The van der Waals surface area contributed by atoms with E-state index in [0.717, 1.165) is 24.1 Å². The van der Waals surface area contributed by atoms with Crippen molar-refractivity contribution in [1.82, 2.24) is 10.2 Å². The van der Waals surface area contributed by atoms with Crippen molar-refractivity contribution in [2.75, 3.05) is 32.8 Å². The van der Waals surface area contributed by atoms with Crippen molar-refractivity contribution in [3.05, 3.63) is 21.4 Å². The van der Waals surface area contributed by atoms with E-state index in [0.29, 0.717) is 32.8 Å². The summed E-state index contributed by atoms with van der Waals surface area (Å²) in [7, 11) is 0. The van der Waals surface area contributed by atoms with Gasteiger partial charge in [-0.3, -0.25) is 9.59 Å². The Hall–Kier alpha value is -1.40. The lowest BCUT2D eigenvalue weighted by molar-refractivity contribution is -0.125. The minimum absolute atomic E-state index is 0.0494. The zero-order valence-electron chi connectivity index (χ0n) is 12.9. The molecule has 2 aliphatic rings. The summed E-state index contributed by atoms with van der Waals surface area (Å²) in [6, 6.07) is 2.00. The van der Waals surface area contributed by atoms with Gasteiger partial charge in [0.25, 0.3) is 5.91 Å². The predicted molar refractivity (Wildman–Crippen MR) is 85.2 cm³/mol. The Morgan fingerprint density at radius 3 is 2.91 bits per heavy atom. The van der Waals surface area contributed by atoms with E-state index in [2.05, 4.69) is 5.32 Å². The molecule has 0 saturated carbocycles. The summed E-state index contributed by atoms with van der Waals surface area (Å²) in [5, 5.41) is 2.90. The number of hydrogen-bond acceptors (Lipinski definition) is 4. The molecule has 2 amide bonds. The first-order chi connectivity index (χ1) is 10.7. The predicted octanol–water partition coefficient (Wildman–Crippen LogP) is 1.46. The van der Waals surface area contributed by atoms with Crippen molar-refractivity contribution in [1.29, 1.82) is 0 Å². The molecule has 1 fully saturated rings. The smallest absolute Gasteiger partial charge is 0.264 e. The number of amides is 2. The molecule has 1 N–H and O–H groups in total. The molecule has 1 aromatic rings. The molecule has 120 valence electrons. The van der Waals surface area contributed by atoms with E-state index in [-0.39, 0.29) is 17.7 Å². The number of carbonyl (C=O) groups excluding carboxylic acids is 2. The van der Waals surface area contributed by atoms with Crippen LogP contribution < -0.4 is 5.32 Å². The van der Waals surface area contributed by atoms with Crippen LogP contribution in [-0.2, 0) is 22.4 Å². The number of nitrogens with one attached hydrogen (secondary N) is 1. The largest absolute Gasteiger partial charge is 0.378 e. The second-order valence-corrected chi connectivity index (χ2v) is 6.93. The second kappa shape index (κ2) is 6.79. The van der Waals surface area contributed by atoms with Crippen LogP contribution in [0.4, 0.5) is 0 Å². The molecule has 0 bridgehead atoms. The zero-order chi connectivity index (χ0) is 15.5. The van der Waals surface area contributed by atoms with Gasteiger partial charge in [0.05, 0.1) is 18.1 Å². The Morgan fingerprint density at radius 1 is 1.41 bits per heavy atom. The number of morpholine rings is 1. The van der Waals surface area contributed by atoms with Gasteiger partial charge in [0.15, 0.2) is 0 Å². The topological polar surface area (TPSA) is 58.6 Å². The molecule has 6 heteroatoms. The molecule has 1 aromatic heterocycles. The number of carbonyl (C=O) groups is 2. The van der Waals surface area contributed by atoms with Crippen molar-refractivity contribution < 1.29 is 14.3 Å². The summed E-state index contributed by atoms with van der Waals surface area (Å²) < 4.78 is 5.30. The molecule has 22 heavy (non-hydrogen) atoms. The number of ether oxygens (including phenoxy) is 1. The van der Waals surface area contributed by atoms with E-state index in [1.807, 2.05) is 17.9 Å². The monoisotopic (exact) mass is 322 g/mol. The Labute approximate surface area is 134 Å². The summed E-state index contributed by atoms with van der Waals surface area (Å²) in [6.45, 7) is 5.19. The third kappa shape index (κ3) is 3.17. The number of hydrogen-bond donors (Lipinski definition) is 1. The van der Waals surface area contributed by atoms with Crippen molar-refractivity contribution in [3.8, 4) is 0 Å². The van der Waals surface area contributed by atoms with Gasteiger partial charge < -0.3 is 15.0 Å². The fourth-order valence-electron chi connectivity index (χ4n) is 3.09. The van der Waals surface area contributed by atoms with Crippen molar-refractivity contribution in [2.24, 2.45) is 5.92 Å². The lowest BCUT2D eigenvalue weighted by Gasteiger charge is -2.26. The van der Waals surface area contributed by atoms with E-state index in [9.17, 15) is 9.59 Å². The quantitative estimate of drug-likeness (QED) is 0.916. The molecule has 0 aromatic carbocycles. The molecule has 0 radical (unpaired) electrons. The Morgan fingerprint density at radius 2 is 2.18 bits per heavy atom. The van der Waals surface area contributed by atoms with Crippen LogP contribution >= 0.6 is 11.3 Å². The van der Waals surface area contributed by atoms with E-state index in [1.54, 1.807) is 11.3 Å². The maximum Gasteiger partial charge on any atom is 0.264 e.